The zero-order valence-corrected chi connectivity index (χ0v) is 15.5. The first-order valence-corrected chi connectivity index (χ1v) is 8.85. The summed E-state index contributed by atoms with van der Waals surface area (Å²) in [6.07, 6.45) is 1.05. The summed E-state index contributed by atoms with van der Waals surface area (Å²) in [5, 5.41) is 0. The third-order valence-corrected chi connectivity index (χ3v) is 4.64. The molecular weight excluding hydrogens is 289 g/mol. The first-order valence-electron chi connectivity index (χ1n) is 7.35. The second-order valence-electron chi connectivity index (χ2n) is 7.47. The maximum absolute atomic E-state index is 13.1. The fourth-order valence-corrected chi connectivity index (χ4v) is 4.08. The molecule has 0 bridgehead atoms. The zero-order chi connectivity index (χ0) is 16.5. The zero-order valence-electron chi connectivity index (χ0n) is 14.6. The highest BCUT2D eigenvalue weighted by Gasteiger charge is 2.37. The van der Waals surface area contributed by atoms with Crippen LogP contribution in [0.15, 0.2) is 4.76 Å². The van der Waals surface area contributed by atoms with E-state index in [1.54, 1.807) is 0 Å². The molecule has 1 aliphatic rings. The Hall–Kier alpha value is -0.580. The molecule has 0 spiro atoms. The van der Waals surface area contributed by atoms with Crippen molar-refractivity contribution < 1.29 is 13.6 Å². The van der Waals surface area contributed by atoms with Gasteiger partial charge < -0.3 is 9.80 Å². The summed E-state index contributed by atoms with van der Waals surface area (Å²) in [6, 6.07) is 0. The van der Waals surface area contributed by atoms with Crippen LogP contribution in [-0.4, -0.2) is 54.1 Å². The largest absolute Gasteiger partial charge is 0.458 e. The lowest BCUT2D eigenvalue weighted by atomic mass is 10.2. The van der Waals surface area contributed by atoms with Gasteiger partial charge in [-0.15, -0.1) is 4.76 Å². The molecule has 0 aromatic carbocycles. The van der Waals surface area contributed by atoms with Gasteiger partial charge in [0.05, 0.1) is 11.2 Å². The van der Waals surface area contributed by atoms with Crippen LogP contribution in [-0.2, 0) is 13.6 Å². The summed E-state index contributed by atoms with van der Waals surface area (Å²) in [6.45, 7) is 12.9. The lowest BCUT2D eigenvalue weighted by Gasteiger charge is -2.36. The predicted octanol–water partition coefficient (Wildman–Crippen LogP) is 3.35. The lowest BCUT2D eigenvalue weighted by Crippen LogP contribution is -2.46. The molecule has 1 heterocycles. The topological polar surface area (TPSA) is 54.4 Å². The monoisotopic (exact) mass is 319 g/mol. The van der Waals surface area contributed by atoms with Crippen molar-refractivity contribution in [2.24, 2.45) is 4.76 Å². The summed E-state index contributed by atoms with van der Waals surface area (Å²) in [4.78, 5) is 3.96. The van der Waals surface area contributed by atoms with Gasteiger partial charge in [0.2, 0.25) is 5.96 Å². The molecule has 21 heavy (non-hydrogen) atoms. The van der Waals surface area contributed by atoms with E-state index < -0.39 is 18.9 Å². The summed E-state index contributed by atoms with van der Waals surface area (Å²) in [5.41, 5.74) is -1.20. The molecule has 0 N–H and O–H groups in total. The molecule has 0 unspecified atom stereocenters. The minimum absolute atomic E-state index is 0.601. The van der Waals surface area contributed by atoms with E-state index in [1.807, 2.05) is 65.4 Å². The molecule has 0 radical (unpaired) electrons. The Balaban J connectivity index is 3.14. The van der Waals surface area contributed by atoms with Crippen molar-refractivity contribution in [3.63, 3.8) is 0 Å². The maximum atomic E-state index is 13.1. The average Bonchev–Trinajstić information content (AvgIpc) is 2.18. The Morgan fingerprint density at radius 2 is 1.33 bits per heavy atom. The number of hydrogen-bond acceptors (Lipinski definition) is 3. The summed E-state index contributed by atoms with van der Waals surface area (Å²) in [7, 11) is 0.274. The van der Waals surface area contributed by atoms with Gasteiger partial charge >= 0.3 is 7.75 Å². The molecule has 1 saturated heterocycles. The van der Waals surface area contributed by atoms with E-state index in [2.05, 4.69) is 4.76 Å². The Morgan fingerprint density at radius 3 is 1.67 bits per heavy atom. The maximum Gasteiger partial charge on any atom is 0.458 e. The van der Waals surface area contributed by atoms with E-state index in [-0.39, 0.29) is 0 Å². The predicted molar refractivity (Wildman–Crippen MR) is 86.6 cm³/mol. The van der Waals surface area contributed by atoms with Gasteiger partial charge in [0.1, 0.15) is 0 Å². The molecule has 0 saturated carbocycles. The molecule has 0 amide bonds. The van der Waals surface area contributed by atoms with Gasteiger partial charge in [0.25, 0.3) is 0 Å². The van der Waals surface area contributed by atoms with Crippen LogP contribution in [0.5, 0.6) is 0 Å². The Labute approximate surface area is 129 Å². The number of guanidine groups is 1. The van der Waals surface area contributed by atoms with E-state index in [9.17, 15) is 4.57 Å². The summed E-state index contributed by atoms with van der Waals surface area (Å²) in [5.74, 6) is 0.651. The first-order chi connectivity index (χ1) is 9.31. The molecule has 1 rings (SSSR count). The van der Waals surface area contributed by atoms with Gasteiger partial charge in [-0.05, 0) is 48.0 Å². The Morgan fingerprint density at radius 1 is 0.952 bits per heavy atom. The molecule has 0 aliphatic carbocycles. The minimum atomic E-state index is -3.60. The fraction of sp³-hybridized carbons (Fsp3) is 0.929. The highest BCUT2D eigenvalue weighted by molar-refractivity contribution is 7.52. The molecular formula is C14H30N3O3P. The van der Waals surface area contributed by atoms with Gasteiger partial charge in [-0.25, -0.2) is 4.57 Å². The number of rotatable bonds is 3. The van der Waals surface area contributed by atoms with Gasteiger partial charge in [-0.1, -0.05) is 0 Å². The van der Waals surface area contributed by atoms with Crippen LogP contribution >= 0.6 is 7.75 Å². The van der Waals surface area contributed by atoms with Crippen molar-refractivity contribution >= 4 is 13.7 Å². The van der Waals surface area contributed by atoms with Crippen LogP contribution in [0.1, 0.15) is 48.0 Å². The van der Waals surface area contributed by atoms with E-state index in [0.717, 1.165) is 19.5 Å². The summed E-state index contributed by atoms with van der Waals surface area (Å²) >= 11 is 0. The quantitative estimate of drug-likeness (QED) is 0.747. The molecule has 7 heteroatoms. The molecule has 124 valence electrons. The lowest BCUT2D eigenvalue weighted by molar-refractivity contribution is 0.0492. The van der Waals surface area contributed by atoms with Crippen LogP contribution in [0.4, 0.5) is 0 Å². The van der Waals surface area contributed by atoms with E-state index in [0.29, 0.717) is 5.96 Å². The Kier molecular flexibility index (Phi) is 5.51. The van der Waals surface area contributed by atoms with E-state index in [1.165, 1.54) is 0 Å². The molecule has 1 fully saturated rings. The van der Waals surface area contributed by atoms with Crippen LogP contribution in [0.2, 0.25) is 0 Å². The molecule has 0 aromatic rings. The SMILES string of the molecule is CN1CCCN(C)C1=NP(=O)(OC(C)(C)C)OC(C)(C)C. The van der Waals surface area contributed by atoms with Gasteiger partial charge in [0.15, 0.2) is 0 Å². The van der Waals surface area contributed by atoms with E-state index in [4.69, 9.17) is 9.05 Å². The van der Waals surface area contributed by atoms with Crippen LogP contribution in [0.3, 0.4) is 0 Å². The van der Waals surface area contributed by atoms with Crippen molar-refractivity contribution in [2.75, 3.05) is 27.2 Å². The average molecular weight is 319 g/mol. The number of hydrogen-bond donors (Lipinski definition) is 0. The second kappa shape index (κ2) is 6.27. The van der Waals surface area contributed by atoms with Gasteiger partial charge in [-0.2, -0.15) is 0 Å². The third kappa shape index (κ3) is 6.37. The van der Waals surface area contributed by atoms with Crippen LogP contribution in [0.25, 0.3) is 0 Å². The molecule has 1 aliphatic heterocycles. The number of nitrogens with zero attached hydrogens (tertiary/aromatic N) is 3. The van der Waals surface area contributed by atoms with Gasteiger partial charge in [-0.3, -0.25) is 9.05 Å². The molecule has 6 nitrogen and oxygen atoms in total. The Bertz CT molecular complexity index is 406. The second-order valence-corrected chi connectivity index (χ2v) is 8.97. The van der Waals surface area contributed by atoms with Crippen molar-refractivity contribution in [3.8, 4) is 0 Å². The first kappa shape index (κ1) is 18.5. The van der Waals surface area contributed by atoms with Gasteiger partial charge in [0, 0.05) is 27.2 Å². The normalized spacial score (nSPS) is 18.2. The van der Waals surface area contributed by atoms with Crippen LogP contribution in [0, 0.1) is 0 Å². The fourth-order valence-electron chi connectivity index (χ4n) is 2.05. The highest BCUT2D eigenvalue weighted by atomic mass is 31.2. The standard InChI is InChI=1S/C14H30N3O3P/c1-13(2,3)19-21(18,20-14(4,5)6)15-12-16(7)10-9-11-17(12)8/h9-11H2,1-8H3. The molecule has 0 aromatic heterocycles. The smallest absolute Gasteiger partial charge is 0.345 e. The third-order valence-electron chi connectivity index (χ3n) is 2.66. The van der Waals surface area contributed by atoms with Crippen molar-refractivity contribution in [1.29, 1.82) is 0 Å². The highest BCUT2D eigenvalue weighted by Crippen LogP contribution is 2.56. The molecule has 0 atom stereocenters. The summed E-state index contributed by atoms with van der Waals surface area (Å²) < 4.78 is 28.9. The van der Waals surface area contributed by atoms with Crippen LogP contribution < -0.4 is 0 Å². The minimum Gasteiger partial charge on any atom is -0.345 e. The van der Waals surface area contributed by atoms with Crippen molar-refractivity contribution in [2.45, 2.75) is 59.2 Å². The van der Waals surface area contributed by atoms with E-state index >= 15 is 0 Å². The van der Waals surface area contributed by atoms with Crippen molar-refractivity contribution in [3.05, 3.63) is 0 Å². The van der Waals surface area contributed by atoms with Crippen molar-refractivity contribution in [1.82, 2.24) is 9.80 Å².